The van der Waals surface area contributed by atoms with Gasteiger partial charge in [-0.3, -0.25) is 9.36 Å². The van der Waals surface area contributed by atoms with Crippen LogP contribution in [-0.4, -0.2) is 31.1 Å². The predicted molar refractivity (Wildman–Crippen MR) is 113 cm³/mol. The van der Waals surface area contributed by atoms with E-state index in [0.29, 0.717) is 12.4 Å². The summed E-state index contributed by atoms with van der Waals surface area (Å²) in [5.41, 5.74) is 1.95. The van der Waals surface area contributed by atoms with Gasteiger partial charge in [0.25, 0.3) is 0 Å². The van der Waals surface area contributed by atoms with Crippen molar-refractivity contribution in [2.45, 2.75) is 79.4 Å². The number of esters is 1. The van der Waals surface area contributed by atoms with Crippen molar-refractivity contribution >= 4 is 13.5 Å². The van der Waals surface area contributed by atoms with Gasteiger partial charge in [-0.15, -0.1) is 0 Å². The molecule has 1 N–H and O–H groups in total. The van der Waals surface area contributed by atoms with E-state index in [-0.39, 0.29) is 24.3 Å². The monoisotopic (exact) mass is 413 g/mol. The molecule has 1 rings (SSSR count). The summed E-state index contributed by atoms with van der Waals surface area (Å²) in [7, 11) is -3.52. The smallest absolute Gasteiger partial charge is 0.342 e. The molecule has 0 saturated heterocycles. The molecule has 1 aromatic carbocycles. The fraction of sp³-hybridized carbons (Fsp3) is 0.667. The molecule has 160 valence electrons. The molecule has 0 heterocycles. The number of hydrogen-bond acceptors (Lipinski definition) is 5. The van der Waals surface area contributed by atoms with Crippen LogP contribution in [0.3, 0.4) is 0 Å². The highest BCUT2D eigenvalue weighted by Crippen LogP contribution is 2.48. The maximum absolute atomic E-state index is 13.6. The molecular formula is C21H36NO5P. The molecule has 0 fully saturated rings. The van der Waals surface area contributed by atoms with Crippen molar-refractivity contribution in [3.05, 3.63) is 29.3 Å². The minimum atomic E-state index is -3.52. The van der Waals surface area contributed by atoms with Crippen molar-refractivity contribution < 1.29 is 23.4 Å². The molecule has 28 heavy (non-hydrogen) atoms. The second-order valence-corrected chi connectivity index (χ2v) is 9.84. The van der Waals surface area contributed by atoms with Crippen molar-refractivity contribution in [1.82, 2.24) is 5.09 Å². The van der Waals surface area contributed by atoms with Crippen LogP contribution in [0.15, 0.2) is 18.2 Å². The fourth-order valence-electron chi connectivity index (χ4n) is 2.72. The van der Waals surface area contributed by atoms with E-state index in [2.05, 4.69) is 32.8 Å². The summed E-state index contributed by atoms with van der Waals surface area (Å²) < 4.78 is 30.4. The zero-order valence-corrected chi connectivity index (χ0v) is 19.3. The summed E-state index contributed by atoms with van der Waals surface area (Å²) in [4.78, 5) is 12.2. The van der Waals surface area contributed by atoms with E-state index in [0.717, 1.165) is 11.1 Å². The van der Waals surface area contributed by atoms with Crippen LogP contribution in [0.2, 0.25) is 0 Å². The molecule has 7 heteroatoms. The molecule has 0 aliphatic heterocycles. The van der Waals surface area contributed by atoms with Gasteiger partial charge in [-0.1, -0.05) is 45.9 Å². The first-order valence-electron chi connectivity index (χ1n) is 9.98. The second kappa shape index (κ2) is 11.0. The molecule has 0 saturated carbocycles. The number of carbonyl (C=O) groups excluding carboxylic acids is 1. The number of hydrogen-bond donors (Lipinski definition) is 1. The summed E-state index contributed by atoms with van der Waals surface area (Å²) in [5, 5.41) is 2.85. The first-order valence-corrected chi connectivity index (χ1v) is 11.8. The molecule has 1 aromatic rings. The van der Waals surface area contributed by atoms with Crippen LogP contribution in [0.4, 0.5) is 0 Å². The van der Waals surface area contributed by atoms with Gasteiger partial charge >= 0.3 is 13.5 Å². The Hall–Kier alpha value is -1.36. The van der Waals surface area contributed by atoms with Gasteiger partial charge in [0, 0.05) is 6.61 Å². The van der Waals surface area contributed by atoms with Crippen LogP contribution in [0, 0.1) is 0 Å². The average Bonchev–Trinajstić information content (AvgIpc) is 2.59. The first-order chi connectivity index (χ1) is 13.0. The van der Waals surface area contributed by atoms with E-state index in [1.165, 1.54) is 0 Å². The lowest BCUT2D eigenvalue weighted by Crippen LogP contribution is -2.36. The van der Waals surface area contributed by atoms with E-state index >= 15 is 0 Å². The molecule has 0 aliphatic rings. The number of rotatable bonds is 11. The van der Waals surface area contributed by atoms with Gasteiger partial charge < -0.3 is 14.0 Å². The highest BCUT2D eigenvalue weighted by atomic mass is 31.2. The lowest BCUT2D eigenvalue weighted by Gasteiger charge is -2.27. The van der Waals surface area contributed by atoms with Gasteiger partial charge in [-0.05, 0) is 50.7 Å². The van der Waals surface area contributed by atoms with Crippen molar-refractivity contribution in [3.63, 3.8) is 0 Å². The zero-order chi connectivity index (χ0) is 21.5. The molecule has 0 aliphatic carbocycles. The van der Waals surface area contributed by atoms with Gasteiger partial charge in [0.15, 0.2) is 0 Å². The molecule has 0 bridgehead atoms. The van der Waals surface area contributed by atoms with Gasteiger partial charge in [-0.25, -0.2) is 5.09 Å². The SMILES string of the molecule is CCOCP(=O)(N[C@@H](C)C(=O)OC(C)C)Oc1c(C(C)C)cccc1C(C)C. The number of ether oxygens (including phenoxy) is 2. The third-order valence-corrected chi connectivity index (χ3v) is 5.90. The lowest BCUT2D eigenvalue weighted by atomic mass is 9.94. The summed E-state index contributed by atoms with van der Waals surface area (Å²) in [6.45, 7) is 15.6. The molecule has 0 radical (unpaired) electrons. The third-order valence-electron chi connectivity index (χ3n) is 4.12. The van der Waals surface area contributed by atoms with Crippen LogP contribution in [0.1, 0.15) is 78.4 Å². The zero-order valence-electron chi connectivity index (χ0n) is 18.4. The van der Waals surface area contributed by atoms with Gasteiger partial charge in [-0.2, -0.15) is 0 Å². The van der Waals surface area contributed by atoms with E-state index in [1.807, 2.05) is 25.1 Å². The Bertz CT molecular complexity index is 661. The van der Waals surface area contributed by atoms with Gasteiger partial charge in [0.05, 0.1) is 6.10 Å². The van der Waals surface area contributed by atoms with Crippen LogP contribution in [-0.2, 0) is 18.8 Å². The number of carbonyl (C=O) groups is 1. The number of para-hydroxylation sites is 1. The Morgan fingerprint density at radius 3 is 2.00 bits per heavy atom. The highest BCUT2D eigenvalue weighted by molar-refractivity contribution is 7.57. The fourth-order valence-corrected chi connectivity index (χ4v) is 4.52. The quantitative estimate of drug-likeness (QED) is 0.385. The molecule has 0 aromatic heterocycles. The van der Waals surface area contributed by atoms with Crippen molar-refractivity contribution in [1.29, 1.82) is 0 Å². The van der Waals surface area contributed by atoms with Crippen molar-refractivity contribution in [2.24, 2.45) is 0 Å². The topological polar surface area (TPSA) is 73.9 Å². The maximum atomic E-state index is 13.6. The van der Waals surface area contributed by atoms with E-state index in [1.54, 1.807) is 20.8 Å². The number of nitrogens with one attached hydrogen (secondary N) is 1. The summed E-state index contributed by atoms with van der Waals surface area (Å²) in [6.07, 6.45) is -0.384. The molecule has 0 amide bonds. The Labute approximate surface area is 169 Å². The maximum Gasteiger partial charge on any atom is 0.342 e. The predicted octanol–water partition coefficient (Wildman–Crippen LogP) is 5.43. The Kier molecular flexibility index (Phi) is 9.68. The summed E-state index contributed by atoms with van der Waals surface area (Å²) in [6, 6.07) is 5.16. The van der Waals surface area contributed by atoms with Crippen LogP contribution >= 0.6 is 7.52 Å². The summed E-state index contributed by atoms with van der Waals surface area (Å²) >= 11 is 0. The largest absolute Gasteiger partial charge is 0.462 e. The van der Waals surface area contributed by atoms with Crippen molar-refractivity contribution in [2.75, 3.05) is 13.0 Å². The Balaban J connectivity index is 3.25. The number of benzene rings is 1. The van der Waals surface area contributed by atoms with Crippen molar-refractivity contribution in [3.8, 4) is 5.75 Å². The molecule has 1 unspecified atom stereocenters. The van der Waals surface area contributed by atoms with Crippen LogP contribution in [0.5, 0.6) is 5.75 Å². The lowest BCUT2D eigenvalue weighted by molar-refractivity contribution is -0.149. The normalized spacial score (nSPS) is 15.0. The molecule has 0 spiro atoms. The average molecular weight is 413 g/mol. The minimum Gasteiger partial charge on any atom is -0.462 e. The van der Waals surface area contributed by atoms with Crippen LogP contribution < -0.4 is 9.61 Å². The molecule has 2 atom stereocenters. The minimum absolute atomic E-state index is 0.132. The standard InChI is InChI=1S/C21H36NO5P/c1-9-25-13-28(24,22-17(8)21(23)26-16(6)7)27-20-18(14(2)3)11-10-12-19(20)15(4)5/h10-12,14-17H,9,13H2,1-8H3,(H,22,24)/t17-,28?/m0/s1. The Morgan fingerprint density at radius 2 is 1.57 bits per heavy atom. The first kappa shape index (κ1) is 24.7. The highest BCUT2D eigenvalue weighted by Gasteiger charge is 2.33. The van der Waals surface area contributed by atoms with E-state index in [4.69, 9.17) is 14.0 Å². The molecular weight excluding hydrogens is 377 g/mol. The van der Waals surface area contributed by atoms with Crippen LogP contribution in [0.25, 0.3) is 0 Å². The van der Waals surface area contributed by atoms with Gasteiger partial charge in [0.1, 0.15) is 18.1 Å². The van der Waals surface area contributed by atoms with Gasteiger partial charge in [0.2, 0.25) is 0 Å². The second-order valence-electron chi connectivity index (χ2n) is 7.80. The summed E-state index contributed by atoms with van der Waals surface area (Å²) in [5.74, 6) is 0.513. The van der Waals surface area contributed by atoms with E-state index < -0.39 is 19.5 Å². The van der Waals surface area contributed by atoms with E-state index in [9.17, 15) is 9.36 Å². The third kappa shape index (κ3) is 7.23. The Morgan fingerprint density at radius 1 is 1.04 bits per heavy atom. The molecule has 6 nitrogen and oxygen atoms in total.